The van der Waals surface area contributed by atoms with Crippen molar-refractivity contribution in [1.29, 1.82) is 0 Å². The summed E-state index contributed by atoms with van der Waals surface area (Å²) >= 11 is 0. The van der Waals surface area contributed by atoms with Crippen molar-refractivity contribution in [3.05, 3.63) is 35.9 Å². The van der Waals surface area contributed by atoms with Gasteiger partial charge in [-0.25, -0.2) is 0 Å². The third kappa shape index (κ3) is 1.36. The van der Waals surface area contributed by atoms with Crippen molar-refractivity contribution in [2.45, 2.75) is 25.0 Å². The summed E-state index contributed by atoms with van der Waals surface area (Å²) in [5.41, 5.74) is 6.92. The van der Waals surface area contributed by atoms with E-state index in [-0.39, 0.29) is 11.6 Å². The van der Waals surface area contributed by atoms with E-state index in [2.05, 4.69) is 19.1 Å². The van der Waals surface area contributed by atoms with Crippen molar-refractivity contribution < 1.29 is 4.74 Å². The van der Waals surface area contributed by atoms with Gasteiger partial charge in [0.15, 0.2) is 0 Å². The van der Waals surface area contributed by atoms with E-state index in [1.54, 1.807) is 0 Å². The molecular formula is C11H15NO. The summed E-state index contributed by atoms with van der Waals surface area (Å²) in [6, 6.07) is 10.3. The maximum Gasteiger partial charge on any atom is 0.105 e. The molecule has 1 saturated heterocycles. The lowest BCUT2D eigenvalue weighted by molar-refractivity contribution is 0.00805. The van der Waals surface area contributed by atoms with Crippen molar-refractivity contribution in [1.82, 2.24) is 0 Å². The minimum Gasteiger partial charge on any atom is -0.369 e. The summed E-state index contributed by atoms with van der Waals surface area (Å²) < 4.78 is 5.71. The van der Waals surface area contributed by atoms with Gasteiger partial charge in [-0.2, -0.15) is 0 Å². The Balaban J connectivity index is 2.34. The van der Waals surface area contributed by atoms with Crippen LogP contribution in [0.1, 0.15) is 18.9 Å². The summed E-state index contributed by atoms with van der Waals surface area (Å²) in [4.78, 5) is 0. The molecule has 0 radical (unpaired) electrons. The van der Waals surface area contributed by atoms with Gasteiger partial charge in [-0.1, -0.05) is 30.3 Å². The molecule has 2 heteroatoms. The zero-order valence-corrected chi connectivity index (χ0v) is 7.86. The van der Waals surface area contributed by atoms with Gasteiger partial charge in [0.2, 0.25) is 0 Å². The van der Waals surface area contributed by atoms with Crippen molar-refractivity contribution in [3.8, 4) is 0 Å². The van der Waals surface area contributed by atoms with Gasteiger partial charge in [-0.15, -0.1) is 0 Å². The molecule has 2 nitrogen and oxygen atoms in total. The molecule has 1 heterocycles. The van der Waals surface area contributed by atoms with Gasteiger partial charge in [-0.3, -0.25) is 0 Å². The summed E-state index contributed by atoms with van der Waals surface area (Å²) in [5.74, 6) is 0. The van der Waals surface area contributed by atoms with Crippen LogP contribution in [0.5, 0.6) is 0 Å². The Hall–Kier alpha value is -0.860. The molecule has 1 aliphatic rings. The fraction of sp³-hybridized carbons (Fsp3) is 0.455. The second-order valence-corrected chi connectivity index (χ2v) is 3.72. The highest BCUT2D eigenvalue weighted by molar-refractivity contribution is 5.24. The molecule has 2 unspecified atom stereocenters. The number of nitrogens with two attached hydrogens (primary N) is 1. The third-order valence-corrected chi connectivity index (χ3v) is 2.89. The van der Waals surface area contributed by atoms with E-state index in [4.69, 9.17) is 10.5 Å². The second-order valence-electron chi connectivity index (χ2n) is 3.72. The lowest BCUT2D eigenvalue weighted by Crippen LogP contribution is -2.39. The summed E-state index contributed by atoms with van der Waals surface area (Å²) in [5, 5.41) is 0. The first-order chi connectivity index (χ1) is 6.23. The smallest absolute Gasteiger partial charge is 0.105 e. The van der Waals surface area contributed by atoms with Crippen LogP contribution in [-0.4, -0.2) is 12.6 Å². The average Bonchev–Trinajstić information content (AvgIpc) is 2.50. The fourth-order valence-electron chi connectivity index (χ4n) is 1.85. The van der Waals surface area contributed by atoms with Gasteiger partial charge in [0.1, 0.15) is 5.60 Å². The quantitative estimate of drug-likeness (QED) is 0.708. The van der Waals surface area contributed by atoms with Crippen LogP contribution in [0.25, 0.3) is 0 Å². The molecule has 1 aliphatic heterocycles. The molecule has 1 aromatic carbocycles. The van der Waals surface area contributed by atoms with E-state index in [0.29, 0.717) is 0 Å². The lowest BCUT2D eigenvalue weighted by atomic mass is 9.89. The fourth-order valence-corrected chi connectivity index (χ4v) is 1.85. The van der Waals surface area contributed by atoms with Crippen molar-refractivity contribution in [2.24, 2.45) is 5.73 Å². The van der Waals surface area contributed by atoms with Crippen LogP contribution in [0, 0.1) is 0 Å². The van der Waals surface area contributed by atoms with E-state index >= 15 is 0 Å². The zero-order chi connectivity index (χ0) is 9.31. The molecule has 13 heavy (non-hydrogen) atoms. The topological polar surface area (TPSA) is 35.2 Å². The highest BCUT2D eigenvalue weighted by atomic mass is 16.5. The molecule has 2 N–H and O–H groups in total. The molecule has 0 saturated carbocycles. The normalized spacial score (nSPS) is 33.5. The first-order valence-corrected chi connectivity index (χ1v) is 4.68. The standard InChI is InChI=1S/C11H15NO/c1-11(10(12)7-8-13-11)9-5-3-2-4-6-9/h2-6,10H,7-8,12H2,1H3. The van der Waals surface area contributed by atoms with Gasteiger partial charge in [0.05, 0.1) is 0 Å². The molecule has 2 atom stereocenters. The molecule has 70 valence electrons. The number of rotatable bonds is 1. The van der Waals surface area contributed by atoms with Crippen LogP contribution in [0.2, 0.25) is 0 Å². The van der Waals surface area contributed by atoms with E-state index in [9.17, 15) is 0 Å². The zero-order valence-electron chi connectivity index (χ0n) is 7.86. The van der Waals surface area contributed by atoms with Gasteiger partial charge in [0, 0.05) is 12.6 Å². The van der Waals surface area contributed by atoms with E-state index in [0.717, 1.165) is 13.0 Å². The second kappa shape index (κ2) is 3.13. The average molecular weight is 177 g/mol. The van der Waals surface area contributed by atoms with E-state index in [1.165, 1.54) is 5.56 Å². The Morgan fingerprint density at radius 3 is 2.62 bits per heavy atom. The molecule has 2 rings (SSSR count). The summed E-state index contributed by atoms with van der Waals surface area (Å²) in [6.07, 6.45) is 0.950. The monoisotopic (exact) mass is 177 g/mol. The van der Waals surface area contributed by atoms with Gasteiger partial charge < -0.3 is 10.5 Å². The van der Waals surface area contributed by atoms with Crippen molar-refractivity contribution in [2.75, 3.05) is 6.61 Å². The van der Waals surface area contributed by atoms with Crippen LogP contribution in [0.15, 0.2) is 30.3 Å². The predicted octanol–water partition coefficient (Wildman–Crippen LogP) is 1.65. The SMILES string of the molecule is CC1(c2ccccc2)OCCC1N. The van der Waals surface area contributed by atoms with Gasteiger partial charge in [-0.05, 0) is 18.9 Å². The highest BCUT2D eigenvalue weighted by Crippen LogP contribution is 2.34. The Kier molecular flexibility index (Phi) is 2.10. The van der Waals surface area contributed by atoms with E-state index < -0.39 is 0 Å². The first kappa shape index (κ1) is 8.73. The molecule has 0 aliphatic carbocycles. The number of ether oxygens (including phenoxy) is 1. The molecule has 0 spiro atoms. The Labute approximate surface area is 78.7 Å². The largest absolute Gasteiger partial charge is 0.369 e. The van der Waals surface area contributed by atoms with Crippen LogP contribution in [-0.2, 0) is 10.3 Å². The molecule has 0 aromatic heterocycles. The maximum atomic E-state index is 6.02. The van der Waals surface area contributed by atoms with Gasteiger partial charge in [0.25, 0.3) is 0 Å². The van der Waals surface area contributed by atoms with Crippen LogP contribution >= 0.6 is 0 Å². The molecule has 0 amide bonds. The van der Waals surface area contributed by atoms with Gasteiger partial charge >= 0.3 is 0 Å². The Morgan fingerprint density at radius 2 is 2.08 bits per heavy atom. The summed E-state index contributed by atoms with van der Waals surface area (Å²) in [7, 11) is 0. The lowest BCUT2D eigenvalue weighted by Gasteiger charge is -2.28. The number of hydrogen-bond donors (Lipinski definition) is 1. The Morgan fingerprint density at radius 1 is 1.38 bits per heavy atom. The van der Waals surface area contributed by atoms with Crippen LogP contribution in [0.3, 0.4) is 0 Å². The molecule has 0 bridgehead atoms. The predicted molar refractivity (Wildman–Crippen MR) is 52.3 cm³/mol. The maximum absolute atomic E-state index is 6.02. The van der Waals surface area contributed by atoms with Crippen molar-refractivity contribution in [3.63, 3.8) is 0 Å². The van der Waals surface area contributed by atoms with E-state index in [1.807, 2.05) is 18.2 Å². The Bertz CT molecular complexity index is 285. The minimum absolute atomic E-state index is 0.120. The highest BCUT2D eigenvalue weighted by Gasteiger charge is 2.38. The minimum atomic E-state index is -0.277. The van der Waals surface area contributed by atoms with Crippen LogP contribution < -0.4 is 5.73 Å². The molecule has 1 aromatic rings. The summed E-state index contributed by atoms with van der Waals surface area (Å²) in [6.45, 7) is 2.84. The number of hydrogen-bond acceptors (Lipinski definition) is 2. The number of benzene rings is 1. The van der Waals surface area contributed by atoms with Crippen molar-refractivity contribution >= 4 is 0 Å². The molecular weight excluding hydrogens is 162 g/mol. The third-order valence-electron chi connectivity index (χ3n) is 2.89. The molecule has 1 fully saturated rings. The first-order valence-electron chi connectivity index (χ1n) is 4.68. The van der Waals surface area contributed by atoms with Crippen LogP contribution in [0.4, 0.5) is 0 Å².